The Morgan fingerprint density at radius 3 is 2.40 bits per heavy atom. The Kier molecular flexibility index (Phi) is 9.70. The number of nitrogens with zero attached hydrogens (tertiary/aromatic N) is 2. The predicted molar refractivity (Wildman–Crippen MR) is 154 cm³/mol. The van der Waals surface area contributed by atoms with E-state index in [1.54, 1.807) is 32.6 Å². The molecule has 1 aromatic rings. The molecule has 0 spiro atoms. The SMILES string of the molecule is C[C@@H](C(=O)C[C@H](C(=O)N1C[C@@H](N)C[C@H]1C(=O)NC1CCCc2ccccc21)C(C)(C)C)N(C)C(=O)OC(C)(C)C. The summed E-state index contributed by atoms with van der Waals surface area (Å²) in [4.78, 5) is 56.3. The van der Waals surface area contributed by atoms with Gasteiger partial charge in [0, 0.05) is 32.0 Å². The van der Waals surface area contributed by atoms with Crippen LogP contribution < -0.4 is 11.1 Å². The number of likely N-dealkylation sites (N-methyl/N-ethyl adjacent to an activating group) is 1. The van der Waals surface area contributed by atoms with Crippen molar-refractivity contribution in [3.05, 3.63) is 35.4 Å². The average molecular weight is 557 g/mol. The number of benzene rings is 1. The molecule has 0 bridgehead atoms. The molecule has 1 unspecified atom stereocenters. The lowest BCUT2D eigenvalue weighted by atomic mass is 9.76. The number of hydrogen-bond donors (Lipinski definition) is 2. The van der Waals surface area contributed by atoms with E-state index in [0.717, 1.165) is 24.8 Å². The summed E-state index contributed by atoms with van der Waals surface area (Å²) in [6.45, 7) is 12.9. The van der Waals surface area contributed by atoms with E-state index < -0.39 is 35.1 Å². The van der Waals surface area contributed by atoms with Crippen molar-refractivity contribution in [3.8, 4) is 0 Å². The Morgan fingerprint density at radius 2 is 1.77 bits per heavy atom. The number of carbonyl (C=O) groups excluding carboxylic acids is 4. The lowest BCUT2D eigenvalue weighted by molar-refractivity contribution is -0.146. The van der Waals surface area contributed by atoms with Gasteiger partial charge in [-0.3, -0.25) is 14.4 Å². The van der Waals surface area contributed by atoms with E-state index in [0.29, 0.717) is 6.42 Å². The van der Waals surface area contributed by atoms with Crippen LogP contribution in [0.4, 0.5) is 4.79 Å². The fourth-order valence-electron chi connectivity index (χ4n) is 5.58. The van der Waals surface area contributed by atoms with Gasteiger partial charge >= 0.3 is 6.09 Å². The number of ketones is 1. The molecule has 0 aromatic heterocycles. The molecule has 0 radical (unpaired) electrons. The van der Waals surface area contributed by atoms with E-state index in [-0.39, 0.29) is 42.6 Å². The molecule has 1 aliphatic heterocycles. The van der Waals surface area contributed by atoms with Crippen LogP contribution in [0.3, 0.4) is 0 Å². The van der Waals surface area contributed by atoms with Crippen LogP contribution in [-0.2, 0) is 25.5 Å². The van der Waals surface area contributed by atoms with Crippen molar-refractivity contribution in [1.82, 2.24) is 15.1 Å². The number of hydrogen-bond acceptors (Lipinski definition) is 6. The van der Waals surface area contributed by atoms with Crippen molar-refractivity contribution in [3.63, 3.8) is 0 Å². The third kappa shape index (κ3) is 7.62. The number of nitrogens with one attached hydrogen (secondary N) is 1. The van der Waals surface area contributed by atoms with Gasteiger partial charge in [0.15, 0.2) is 5.78 Å². The van der Waals surface area contributed by atoms with E-state index in [9.17, 15) is 19.2 Å². The first kappa shape index (κ1) is 31.6. The lowest BCUT2D eigenvalue weighted by Crippen LogP contribution is -2.51. The zero-order chi connectivity index (χ0) is 30.0. The van der Waals surface area contributed by atoms with E-state index in [1.807, 2.05) is 32.9 Å². The number of likely N-dealkylation sites (tertiary alicyclic amines) is 1. The number of aryl methyl sites for hydroxylation is 1. The lowest BCUT2D eigenvalue weighted by Gasteiger charge is -2.36. The largest absolute Gasteiger partial charge is 0.444 e. The molecule has 2 aliphatic rings. The third-order valence-electron chi connectivity index (χ3n) is 8.08. The predicted octanol–water partition coefficient (Wildman–Crippen LogP) is 3.99. The summed E-state index contributed by atoms with van der Waals surface area (Å²) in [5, 5.41) is 3.19. The van der Waals surface area contributed by atoms with Crippen molar-refractivity contribution in [2.24, 2.45) is 17.1 Å². The molecule has 1 aliphatic carbocycles. The molecule has 3 rings (SSSR count). The Morgan fingerprint density at radius 1 is 1.12 bits per heavy atom. The first-order valence-electron chi connectivity index (χ1n) is 14.4. The van der Waals surface area contributed by atoms with Crippen LogP contribution in [0.1, 0.15) is 91.3 Å². The molecule has 1 heterocycles. The average Bonchev–Trinajstić information content (AvgIpc) is 3.26. The fourth-order valence-corrected chi connectivity index (χ4v) is 5.58. The summed E-state index contributed by atoms with van der Waals surface area (Å²) in [5.74, 6) is -1.40. The molecule has 5 atom stereocenters. The van der Waals surface area contributed by atoms with Crippen LogP contribution >= 0.6 is 0 Å². The second-order valence-electron chi connectivity index (χ2n) is 13.5. The van der Waals surface area contributed by atoms with E-state index >= 15 is 0 Å². The molecule has 1 aromatic carbocycles. The maximum atomic E-state index is 14.0. The second-order valence-corrected chi connectivity index (χ2v) is 13.5. The standard InChI is InChI=1S/C31H48N4O5/c1-19(34(8)29(39)40-31(5,6)7)26(36)17-23(30(2,3)4)28(38)35-18-21(32)16-25(35)27(37)33-24-15-11-13-20-12-9-10-14-22(20)24/h9-10,12,14,19,21,23-25H,11,13,15-18,32H2,1-8H3,(H,33,37)/t19-,21-,23+,24?,25-/m0/s1. The highest BCUT2D eigenvalue weighted by Gasteiger charge is 2.45. The first-order chi connectivity index (χ1) is 18.5. The fraction of sp³-hybridized carbons (Fsp3) is 0.677. The maximum absolute atomic E-state index is 14.0. The number of Topliss-reactive ketones (excluding diaryl/α,β-unsaturated/α-hetero) is 1. The summed E-state index contributed by atoms with van der Waals surface area (Å²) < 4.78 is 5.41. The number of carbonyl (C=O) groups is 4. The minimum atomic E-state index is -0.779. The van der Waals surface area contributed by atoms with Crippen molar-refractivity contribution in [2.45, 2.75) is 110 Å². The topological polar surface area (TPSA) is 122 Å². The van der Waals surface area contributed by atoms with Crippen molar-refractivity contribution >= 4 is 23.7 Å². The Balaban J connectivity index is 1.75. The van der Waals surface area contributed by atoms with Crippen molar-refractivity contribution in [1.29, 1.82) is 0 Å². The van der Waals surface area contributed by atoms with Gasteiger partial charge in [-0.15, -0.1) is 0 Å². The molecular formula is C31H48N4O5. The van der Waals surface area contributed by atoms with Crippen LogP contribution in [0.15, 0.2) is 24.3 Å². The third-order valence-corrected chi connectivity index (χ3v) is 8.08. The first-order valence-corrected chi connectivity index (χ1v) is 14.4. The van der Waals surface area contributed by atoms with Gasteiger partial charge < -0.3 is 25.6 Å². The Labute approximate surface area is 239 Å². The Hall–Kier alpha value is -2.94. The molecule has 3 N–H and O–H groups in total. The molecule has 222 valence electrons. The molecule has 9 nitrogen and oxygen atoms in total. The maximum Gasteiger partial charge on any atom is 0.410 e. The number of nitrogens with two attached hydrogens (primary N) is 1. The van der Waals surface area contributed by atoms with Crippen LogP contribution in [0.5, 0.6) is 0 Å². The highest BCUT2D eigenvalue weighted by molar-refractivity contribution is 5.94. The normalized spacial score (nSPS) is 22.6. The molecule has 40 heavy (non-hydrogen) atoms. The van der Waals surface area contributed by atoms with E-state index in [4.69, 9.17) is 10.5 Å². The van der Waals surface area contributed by atoms with Crippen LogP contribution in [-0.4, -0.2) is 70.8 Å². The number of amides is 3. The molecule has 9 heteroatoms. The highest BCUT2D eigenvalue weighted by Crippen LogP contribution is 2.35. The summed E-state index contributed by atoms with van der Waals surface area (Å²) in [7, 11) is 1.52. The van der Waals surface area contributed by atoms with Gasteiger partial charge in [-0.2, -0.15) is 0 Å². The van der Waals surface area contributed by atoms with Gasteiger partial charge in [-0.1, -0.05) is 45.0 Å². The molecular weight excluding hydrogens is 508 g/mol. The Bertz CT molecular complexity index is 1110. The van der Waals surface area contributed by atoms with E-state index in [2.05, 4.69) is 17.4 Å². The molecule has 1 saturated heterocycles. The van der Waals surface area contributed by atoms with Gasteiger partial charge in [-0.25, -0.2) is 4.79 Å². The van der Waals surface area contributed by atoms with Crippen LogP contribution in [0.25, 0.3) is 0 Å². The van der Waals surface area contributed by atoms with E-state index in [1.165, 1.54) is 17.5 Å². The van der Waals surface area contributed by atoms with Gasteiger partial charge in [0.25, 0.3) is 0 Å². The van der Waals surface area contributed by atoms with Crippen molar-refractivity contribution < 1.29 is 23.9 Å². The summed E-state index contributed by atoms with van der Waals surface area (Å²) in [6, 6.07) is 6.25. The highest BCUT2D eigenvalue weighted by atomic mass is 16.6. The van der Waals surface area contributed by atoms with Crippen molar-refractivity contribution in [2.75, 3.05) is 13.6 Å². The zero-order valence-electron chi connectivity index (χ0n) is 25.5. The summed E-state index contributed by atoms with van der Waals surface area (Å²) in [6.07, 6.45) is 2.53. The summed E-state index contributed by atoms with van der Waals surface area (Å²) in [5.41, 5.74) is 7.40. The molecule has 3 amide bonds. The number of fused-ring (bicyclic) bond motifs is 1. The van der Waals surface area contributed by atoms with Gasteiger partial charge in [0.05, 0.1) is 12.1 Å². The number of ether oxygens (including phenoxy) is 1. The summed E-state index contributed by atoms with van der Waals surface area (Å²) >= 11 is 0. The molecule has 0 saturated carbocycles. The molecule has 1 fully saturated rings. The van der Waals surface area contributed by atoms with Crippen LogP contribution in [0.2, 0.25) is 0 Å². The van der Waals surface area contributed by atoms with Gasteiger partial charge in [0.2, 0.25) is 11.8 Å². The van der Waals surface area contributed by atoms with Crippen LogP contribution in [0, 0.1) is 11.3 Å². The second kappa shape index (κ2) is 12.3. The van der Waals surface area contributed by atoms with Gasteiger partial charge in [-0.05, 0) is 69.9 Å². The van der Waals surface area contributed by atoms with Gasteiger partial charge in [0.1, 0.15) is 11.6 Å². The smallest absolute Gasteiger partial charge is 0.410 e. The minimum Gasteiger partial charge on any atom is -0.444 e. The monoisotopic (exact) mass is 556 g/mol. The zero-order valence-corrected chi connectivity index (χ0v) is 25.5. The quantitative estimate of drug-likeness (QED) is 0.524. The number of rotatable bonds is 7. The minimum absolute atomic E-state index is 0.0628.